The smallest absolute Gasteiger partial charge is 0.194 e. The molecular formula is C13H27FIN3. The summed E-state index contributed by atoms with van der Waals surface area (Å²) in [5, 5.41) is 3.29. The molecule has 3 nitrogen and oxygen atoms in total. The molecular weight excluding hydrogens is 344 g/mol. The molecule has 0 amide bonds. The lowest BCUT2D eigenvalue weighted by Gasteiger charge is -2.62. The summed E-state index contributed by atoms with van der Waals surface area (Å²) in [5.74, 6) is 0.922. The summed E-state index contributed by atoms with van der Waals surface area (Å²) in [5.41, 5.74) is 0.396. The van der Waals surface area contributed by atoms with Gasteiger partial charge in [0.25, 0.3) is 0 Å². The molecule has 1 aliphatic heterocycles. The molecule has 0 radical (unpaired) electrons. The highest BCUT2D eigenvalue weighted by atomic mass is 127. The zero-order chi connectivity index (χ0) is 13.1. The molecule has 0 saturated carbocycles. The molecule has 0 aromatic rings. The summed E-state index contributed by atoms with van der Waals surface area (Å²) < 4.78 is 12.1. The van der Waals surface area contributed by atoms with Gasteiger partial charge in [-0.15, -0.1) is 24.0 Å². The zero-order valence-corrected chi connectivity index (χ0v) is 14.5. The van der Waals surface area contributed by atoms with Crippen molar-refractivity contribution < 1.29 is 4.39 Å². The van der Waals surface area contributed by atoms with E-state index in [0.29, 0.717) is 18.4 Å². The third-order valence-corrected chi connectivity index (χ3v) is 4.03. The molecule has 0 aromatic heterocycles. The van der Waals surface area contributed by atoms with Crippen molar-refractivity contribution in [3.63, 3.8) is 0 Å². The number of halogens is 2. The number of alkyl halides is 1. The number of nitrogens with zero attached hydrogens (tertiary/aromatic N) is 2. The van der Waals surface area contributed by atoms with Crippen molar-refractivity contribution in [1.29, 1.82) is 0 Å². The first kappa shape index (κ1) is 17.9. The molecule has 0 unspecified atom stereocenters. The molecule has 1 N–H and O–H groups in total. The molecule has 1 fully saturated rings. The molecule has 0 aliphatic carbocycles. The van der Waals surface area contributed by atoms with Gasteiger partial charge in [-0.3, -0.25) is 9.38 Å². The fraction of sp³-hybridized carbons (Fsp3) is 0.923. The van der Waals surface area contributed by atoms with Crippen molar-refractivity contribution in [2.75, 3.05) is 26.3 Å². The van der Waals surface area contributed by atoms with Gasteiger partial charge in [-0.05, 0) is 27.2 Å². The van der Waals surface area contributed by atoms with Crippen molar-refractivity contribution >= 4 is 29.9 Å². The van der Waals surface area contributed by atoms with E-state index in [4.69, 9.17) is 0 Å². The lowest BCUT2D eigenvalue weighted by molar-refractivity contribution is -0.0667. The maximum atomic E-state index is 12.1. The lowest BCUT2D eigenvalue weighted by Crippen LogP contribution is -2.72. The van der Waals surface area contributed by atoms with Gasteiger partial charge in [-0.25, -0.2) is 0 Å². The number of hydrogen-bond acceptors (Lipinski definition) is 1. The topological polar surface area (TPSA) is 27.6 Å². The molecule has 108 valence electrons. The van der Waals surface area contributed by atoms with Crippen LogP contribution in [0.4, 0.5) is 4.39 Å². The Morgan fingerprint density at radius 2 is 1.94 bits per heavy atom. The van der Waals surface area contributed by atoms with Crippen LogP contribution in [0.15, 0.2) is 4.99 Å². The Morgan fingerprint density at radius 3 is 2.33 bits per heavy atom. The Balaban J connectivity index is 0.00000289. The number of hydrogen-bond donors (Lipinski definition) is 1. The van der Waals surface area contributed by atoms with E-state index in [-0.39, 0.29) is 36.2 Å². The van der Waals surface area contributed by atoms with Gasteiger partial charge in [0.2, 0.25) is 0 Å². The highest BCUT2D eigenvalue weighted by molar-refractivity contribution is 14.0. The molecule has 1 saturated heterocycles. The Labute approximate surface area is 128 Å². The van der Waals surface area contributed by atoms with E-state index in [0.717, 1.165) is 19.0 Å². The van der Waals surface area contributed by atoms with Crippen molar-refractivity contribution in [3.8, 4) is 0 Å². The molecule has 5 heteroatoms. The molecule has 1 heterocycles. The van der Waals surface area contributed by atoms with Gasteiger partial charge in [0.05, 0.1) is 6.67 Å². The van der Waals surface area contributed by atoms with Gasteiger partial charge in [0.15, 0.2) is 5.96 Å². The van der Waals surface area contributed by atoms with Crippen LogP contribution in [0.3, 0.4) is 0 Å². The van der Waals surface area contributed by atoms with Crippen molar-refractivity contribution in [1.82, 2.24) is 10.2 Å². The van der Waals surface area contributed by atoms with E-state index in [2.05, 4.69) is 49.8 Å². The molecule has 18 heavy (non-hydrogen) atoms. The van der Waals surface area contributed by atoms with Crippen LogP contribution >= 0.6 is 24.0 Å². The van der Waals surface area contributed by atoms with Crippen molar-refractivity contribution in [3.05, 3.63) is 0 Å². The molecule has 1 aliphatic rings. The Bertz CT molecular complexity index is 290. The molecule has 0 atom stereocenters. The van der Waals surface area contributed by atoms with E-state index < -0.39 is 0 Å². The first-order valence-electron chi connectivity index (χ1n) is 6.48. The highest BCUT2D eigenvalue weighted by Crippen LogP contribution is 2.46. The SMILES string of the molecule is CCNC(=NCCCF)N1CC(C)(C)C1(C)C.I. The van der Waals surface area contributed by atoms with E-state index in [1.54, 1.807) is 0 Å². The van der Waals surface area contributed by atoms with Gasteiger partial charge in [-0.1, -0.05) is 13.8 Å². The largest absolute Gasteiger partial charge is 0.356 e. The van der Waals surface area contributed by atoms with E-state index in [1.807, 2.05) is 0 Å². The standard InChI is InChI=1S/C13H26FN3.HI/c1-6-15-11(16-9-7-8-14)17-10-12(2,3)13(17,4)5;/h6-10H2,1-5H3,(H,15,16);1H. The van der Waals surface area contributed by atoms with Gasteiger partial charge in [0, 0.05) is 30.6 Å². The number of guanidine groups is 1. The summed E-state index contributed by atoms with van der Waals surface area (Å²) in [6.45, 7) is 13.2. The zero-order valence-electron chi connectivity index (χ0n) is 12.2. The minimum Gasteiger partial charge on any atom is -0.356 e. The minimum atomic E-state index is -0.294. The molecule has 0 bridgehead atoms. The predicted molar refractivity (Wildman–Crippen MR) is 86.6 cm³/mol. The van der Waals surface area contributed by atoms with Crippen LogP contribution in [0, 0.1) is 5.41 Å². The number of aliphatic imine (C=N–C) groups is 1. The van der Waals surface area contributed by atoms with Crippen molar-refractivity contribution in [2.24, 2.45) is 10.4 Å². The number of likely N-dealkylation sites (tertiary alicyclic amines) is 1. The first-order chi connectivity index (χ1) is 7.86. The summed E-state index contributed by atoms with van der Waals surface area (Å²) >= 11 is 0. The Kier molecular flexibility index (Phi) is 6.89. The lowest BCUT2D eigenvalue weighted by atomic mass is 9.65. The van der Waals surface area contributed by atoms with Gasteiger partial charge >= 0.3 is 0 Å². The maximum absolute atomic E-state index is 12.1. The highest BCUT2D eigenvalue weighted by Gasteiger charge is 2.53. The van der Waals surface area contributed by atoms with Crippen molar-refractivity contribution in [2.45, 2.75) is 46.6 Å². The van der Waals surface area contributed by atoms with E-state index >= 15 is 0 Å². The van der Waals surface area contributed by atoms with Gasteiger partial charge in [0.1, 0.15) is 0 Å². The average molecular weight is 371 g/mol. The number of rotatable bonds is 4. The first-order valence-corrected chi connectivity index (χ1v) is 6.48. The normalized spacial score (nSPS) is 21.0. The average Bonchev–Trinajstić information content (AvgIpc) is 2.25. The summed E-state index contributed by atoms with van der Waals surface area (Å²) in [7, 11) is 0. The predicted octanol–water partition coefficient (Wildman–Crippen LogP) is 3.05. The van der Waals surface area contributed by atoms with Crippen LogP contribution in [0.1, 0.15) is 41.0 Å². The second-order valence-corrected chi connectivity index (χ2v) is 5.81. The van der Waals surface area contributed by atoms with Crippen LogP contribution < -0.4 is 5.32 Å². The van der Waals surface area contributed by atoms with Crippen LogP contribution in [-0.2, 0) is 0 Å². The third kappa shape index (κ3) is 3.48. The summed E-state index contributed by atoms with van der Waals surface area (Å²) in [6.07, 6.45) is 0.507. The second-order valence-electron chi connectivity index (χ2n) is 5.81. The third-order valence-electron chi connectivity index (χ3n) is 4.03. The van der Waals surface area contributed by atoms with E-state index in [1.165, 1.54) is 0 Å². The maximum Gasteiger partial charge on any atom is 0.194 e. The second kappa shape index (κ2) is 6.91. The monoisotopic (exact) mass is 371 g/mol. The molecule has 0 aromatic carbocycles. The van der Waals surface area contributed by atoms with E-state index in [9.17, 15) is 4.39 Å². The fourth-order valence-corrected chi connectivity index (χ4v) is 2.04. The Morgan fingerprint density at radius 1 is 1.33 bits per heavy atom. The van der Waals surface area contributed by atoms with Crippen LogP contribution in [-0.4, -0.2) is 42.7 Å². The van der Waals surface area contributed by atoms with Crippen LogP contribution in [0.2, 0.25) is 0 Å². The van der Waals surface area contributed by atoms with Gasteiger partial charge in [-0.2, -0.15) is 0 Å². The van der Waals surface area contributed by atoms with Crippen LogP contribution in [0.25, 0.3) is 0 Å². The van der Waals surface area contributed by atoms with Gasteiger partial charge < -0.3 is 10.2 Å². The summed E-state index contributed by atoms with van der Waals surface area (Å²) in [4.78, 5) is 6.76. The Hall–Kier alpha value is -0.0700. The quantitative estimate of drug-likeness (QED) is 0.356. The summed E-state index contributed by atoms with van der Waals surface area (Å²) in [6, 6.07) is 0. The molecule has 0 spiro atoms. The minimum absolute atomic E-state index is 0. The fourth-order valence-electron chi connectivity index (χ4n) is 2.04. The molecule has 1 rings (SSSR count). The number of nitrogens with one attached hydrogen (secondary N) is 1. The van der Waals surface area contributed by atoms with Crippen LogP contribution in [0.5, 0.6) is 0 Å².